The smallest absolute Gasteiger partial charge is 0.310 e. The number of azide groups is 1. The largest absolute Gasteiger partial charge is 0.462 e. The van der Waals surface area contributed by atoms with E-state index in [1.807, 2.05) is 0 Å². The Bertz CT molecular complexity index is 731. The fraction of sp³-hybridized carbons (Fsp3) is 0.579. The molecule has 0 unspecified atom stereocenters. The lowest BCUT2D eigenvalue weighted by Crippen LogP contribution is -2.25. The molecular formula is C19H26N4O7. The number of ether oxygens (including phenoxy) is 3. The van der Waals surface area contributed by atoms with E-state index in [2.05, 4.69) is 10.0 Å². The second kappa shape index (κ2) is 14.0. The zero-order chi connectivity index (χ0) is 22.4. The number of benzene rings is 1. The van der Waals surface area contributed by atoms with Gasteiger partial charge in [-0.3, -0.25) is 14.9 Å². The molecule has 0 aliphatic heterocycles. The van der Waals surface area contributed by atoms with Gasteiger partial charge in [0.25, 0.3) is 5.69 Å². The quantitative estimate of drug-likeness (QED) is 0.0612. The number of aldehydes is 1. The van der Waals surface area contributed by atoms with Crippen LogP contribution < -0.4 is 0 Å². The Morgan fingerprint density at radius 2 is 1.90 bits per heavy atom. The fourth-order valence-electron chi connectivity index (χ4n) is 2.87. The summed E-state index contributed by atoms with van der Waals surface area (Å²) in [6, 6.07) is 5.13. The van der Waals surface area contributed by atoms with Crippen LogP contribution in [0.5, 0.6) is 0 Å². The number of methoxy groups -OCH3 is 2. The van der Waals surface area contributed by atoms with E-state index < -0.39 is 29.3 Å². The van der Waals surface area contributed by atoms with Gasteiger partial charge in [-0.25, -0.2) is 0 Å². The number of hydrogen-bond acceptors (Lipinski definition) is 8. The lowest BCUT2D eigenvalue weighted by molar-refractivity contribution is -0.384. The van der Waals surface area contributed by atoms with Crippen molar-refractivity contribution in [3.63, 3.8) is 0 Å². The molecule has 1 rings (SSSR count). The molecule has 0 N–H and O–H groups in total. The normalized spacial score (nSPS) is 12.6. The van der Waals surface area contributed by atoms with Gasteiger partial charge in [0.2, 0.25) is 0 Å². The van der Waals surface area contributed by atoms with Crippen LogP contribution in [0.2, 0.25) is 0 Å². The first kappa shape index (κ1) is 25.0. The molecule has 11 heteroatoms. The summed E-state index contributed by atoms with van der Waals surface area (Å²) in [6.45, 7) is 0. The van der Waals surface area contributed by atoms with Gasteiger partial charge in [0.15, 0.2) is 6.29 Å². The molecule has 0 aromatic heterocycles. The number of nitro benzene ring substituents is 1. The maximum Gasteiger partial charge on any atom is 0.310 e. The van der Waals surface area contributed by atoms with Gasteiger partial charge in [-0.1, -0.05) is 17.2 Å². The maximum absolute atomic E-state index is 12.3. The van der Waals surface area contributed by atoms with E-state index in [1.165, 1.54) is 38.5 Å². The van der Waals surface area contributed by atoms with Crippen LogP contribution in [0.1, 0.15) is 37.7 Å². The number of carbonyl (C=O) groups is 2. The highest BCUT2D eigenvalue weighted by Gasteiger charge is 2.21. The lowest BCUT2D eigenvalue weighted by Gasteiger charge is -2.22. The average molecular weight is 422 g/mol. The van der Waals surface area contributed by atoms with E-state index >= 15 is 0 Å². The highest BCUT2D eigenvalue weighted by Crippen LogP contribution is 2.19. The van der Waals surface area contributed by atoms with Crippen LogP contribution in [0, 0.1) is 10.1 Å². The molecule has 11 nitrogen and oxygen atoms in total. The number of non-ortho nitro benzene ring substituents is 1. The van der Waals surface area contributed by atoms with Crippen LogP contribution in [0.4, 0.5) is 5.69 Å². The molecule has 1 aromatic carbocycles. The fourth-order valence-corrected chi connectivity index (χ4v) is 2.87. The third kappa shape index (κ3) is 9.46. The summed E-state index contributed by atoms with van der Waals surface area (Å²) in [5, 5.41) is 14.5. The summed E-state index contributed by atoms with van der Waals surface area (Å²) in [6.07, 6.45) is 1.27. The van der Waals surface area contributed by atoms with Crippen molar-refractivity contribution in [1.82, 2.24) is 0 Å². The zero-order valence-electron chi connectivity index (χ0n) is 17.0. The first-order valence-electron chi connectivity index (χ1n) is 9.39. The topological polar surface area (TPSA) is 154 Å². The van der Waals surface area contributed by atoms with Gasteiger partial charge in [-0.2, -0.15) is 0 Å². The van der Waals surface area contributed by atoms with Crippen molar-refractivity contribution >= 4 is 17.9 Å². The van der Waals surface area contributed by atoms with E-state index in [-0.39, 0.29) is 24.9 Å². The van der Waals surface area contributed by atoms with Crippen LogP contribution in [0.25, 0.3) is 10.4 Å². The SMILES string of the molecule is COC(CC[C@@H](C[C@H](CCC=O)OC(=O)Cc1ccc([N+](=O)[O-])cc1)N=[N+]=[N-])OC. The number of nitro groups is 1. The van der Waals surface area contributed by atoms with Crippen molar-refractivity contribution in [3.05, 3.63) is 50.4 Å². The first-order valence-corrected chi connectivity index (χ1v) is 9.39. The number of carbonyl (C=O) groups excluding carboxylic acids is 2. The van der Waals surface area contributed by atoms with Crippen LogP contribution in [0.3, 0.4) is 0 Å². The minimum Gasteiger partial charge on any atom is -0.462 e. The van der Waals surface area contributed by atoms with Crippen molar-refractivity contribution in [1.29, 1.82) is 0 Å². The number of esters is 1. The van der Waals surface area contributed by atoms with E-state index in [0.29, 0.717) is 24.8 Å². The highest BCUT2D eigenvalue weighted by atomic mass is 16.7. The summed E-state index contributed by atoms with van der Waals surface area (Å²) >= 11 is 0. The predicted molar refractivity (Wildman–Crippen MR) is 107 cm³/mol. The van der Waals surface area contributed by atoms with Gasteiger partial charge in [-0.15, -0.1) is 0 Å². The summed E-state index contributed by atoms with van der Waals surface area (Å²) in [4.78, 5) is 36.1. The van der Waals surface area contributed by atoms with Crippen LogP contribution in [-0.2, 0) is 30.2 Å². The second-order valence-corrected chi connectivity index (χ2v) is 6.53. The summed E-state index contributed by atoms with van der Waals surface area (Å²) in [5.41, 5.74) is 9.32. The Morgan fingerprint density at radius 1 is 1.23 bits per heavy atom. The molecule has 0 fully saturated rings. The first-order chi connectivity index (χ1) is 14.4. The predicted octanol–water partition coefficient (Wildman–Crippen LogP) is 3.50. The monoisotopic (exact) mass is 422 g/mol. The summed E-state index contributed by atoms with van der Waals surface area (Å²) in [7, 11) is 3.01. The Labute approximate surface area is 174 Å². The molecule has 0 spiro atoms. The summed E-state index contributed by atoms with van der Waals surface area (Å²) < 4.78 is 15.7. The van der Waals surface area contributed by atoms with Crippen molar-refractivity contribution in [2.75, 3.05) is 14.2 Å². The van der Waals surface area contributed by atoms with Gasteiger partial charge in [0, 0.05) is 43.7 Å². The Kier molecular flexibility index (Phi) is 11.7. The lowest BCUT2D eigenvalue weighted by atomic mass is 10.0. The molecular weight excluding hydrogens is 396 g/mol. The van der Waals surface area contributed by atoms with Crippen molar-refractivity contribution in [2.45, 2.75) is 57.0 Å². The summed E-state index contributed by atoms with van der Waals surface area (Å²) in [5.74, 6) is -0.536. The third-order valence-corrected chi connectivity index (χ3v) is 4.41. The second-order valence-electron chi connectivity index (χ2n) is 6.53. The zero-order valence-corrected chi connectivity index (χ0v) is 17.0. The molecule has 0 amide bonds. The Morgan fingerprint density at radius 3 is 2.43 bits per heavy atom. The molecule has 0 bridgehead atoms. The number of rotatable bonds is 15. The van der Waals surface area contributed by atoms with E-state index in [9.17, 15) is 19.7 Å². The van der Waals surface area contributed by atoms with Gasteiger partial charge in [0.1, 0.15) is 12.4 Å². The van der Waals surface area contributed by atoms with Crippen molar-refractivity contribution in [3.8, 4) is 0 Å². The van der Waals surface area contributed by atoms with Crippen molar-refractivity contribution < 1.29 is 28.7 Å². The standard InChI is InChI=1S/C19H26N4O7/c1-28-19(29-2)10-7-15(21-22-20)13-17(4-3-11-24)30-18(25)12-14-5-8-16(9-6-14)23(26)27/h5-6,8-9,11,15,17,19H,3-4,7,10,12-13H2,1-2H3/t15-,17-/m0/s1. The molecule has 1 aromatic rings. The van der Waals surface area contributed by atoms with Crippen LogP contribution in [-0.4, -0.2) is 49.8 Å². The minimum absolute atomic E-state index is 0.0707. The molecule has 0 saturated heterocycles. The van der Waals surface area contributed by atoms with Gasteiger partial charge >= 0.3 is 5.97 Å². The van der Waals surface area contributed by atoms with Crippen LogP contribution >= 0.6 is 0 Å². The minimum atomic E-state index is -0.611. The number of hydrogen-bond donors (Lipinski definition) is 0. The van der Waals surface area contributed by atoms with E-state index in [0.717, 1.165) is 6.29 Å². The van der Waals surface area contributed by atoms with E-state index in [1.54, 1.807) is 0 Å². The molecule has 164 valence electrons. The maximum atomic E-state index is 12.3. The van der Waals surface area contributed by atoms with Gasteiger partial charge in [-0.05, 0) is 36.8 Å². The molecule has 30 heavy (non-hydrogen) atoms. The van der Waals surface area contributed by atoms with Crippen molar-refractivity contribution in [2.24, 2.45) is 5.11 Å². The Balaban J connectivity index is 2.73. The van der Waals surface area contributed by atoms with Gasteiger partial charge < -0.3 is 19.0 Å². The van der Waals surface area contributed by atoms with Gasteiger partial charge in [0.05, 0.1) is 11.3 Å². The van der Waals surface area contributed by atoms with Crippen LogP contribution in [0.15, 0.2) is 29.4 Å². The highest BCUT2D eigenvalue weighted by molar-refractivity contribution is 5.72. The average Bonchev–Trinajstić information content (AvgIpc) is 2.73. The molecule has 0 radical (unpaired) electrons. The molecule has 0 heterocycles. The molecule has 0 aliphatic carbocycles. The number of nitrogens with zero attached hydrogens (tertiary/aromatic N) is 4. The Hall–Kier alpha value is -3.01. The third-order valence-electron chi connectivity index (χ3n) is 4.41. The molecule has 0 aliphatic rings. The van der Waals surface area contributed by atoms with E-state index in [4.69, 9.17) is 19.7 Å². The molecule has 0 saturated carbocycles. The molecule has 2 atom stereocenters.